The number of aromatic nitrogens is 1. The van der Waals surface area contributed by atoms with Gasteiger partial charge in [-0.05, 0) is 44.6 Å². The Bertz CT molecular complexity index is 439. The predicted molar refractivity (Wildman–Crippen MR) is 72.3 cm³/mol. The van der Waals surface area contributed by atoms with Crippen molar-refractivity contribution in [2.24, 2.45) is 0 Å². The van der Waals surface area contributed by atoms with Crippen molar-refractivity contribution in [2.75, 3.05) is 11.6 Å². The number of nitriles is 1. The number of aryl methyl sites for hydroxylation is 1. The molecule has 2 unspecified atom stereocenters. The molecule has 0 saturated heterocycles. The van der Waals surface area contributed by atoms with Gasteiger partial charge in [0.25, 0.3) is 0 Å². The van der Waals surface area contributed by atoms with Crippen molar-refractivity contribution >= 4 is 17.6 Å². The van der Waals surface area contributed by atoms with E-state index in [2.05, 4.69) is 22.6 Å². The van der Waals surface area contributed by atoms with Gasteiger partial charge in [0.05, 0.1) is 11.6 Å². The summed E-state index contributed by atoms with van der Waals surface area (Å²) in [4.78, 5) is 4.43. The molecule has 2 atom stereocenters. The Morgan fingerprint density at radius 2 is 2.29 bits per heavy atom. The summed E-state index contributed by atoms with van der Waals surface area (Å²) in [5.41, 5.74) is 1.57. The van der Waals surface area contributed by atoms with Crippen molar-refractivity contribution in [3.63, 3.8) is 0 Å². The van der Waals surface area contributed by atoms with Gasteiger partial charge in [-0.15, -0.1) is 0 Å². The minimum atomic E-state index is 0.508. The summed E-state index contributed by atoms with van der Waals surface area (Å²) in [5.74, 6) is 0.841. The van der Waals surface area contributed by atoms with Crippen LogP contribution < -0.4 is 5.32 Å². The Balaban J connectivity index is 2.04. The highest BCUT2D eigenvalue weighted by atomic mass is 32.2. The van der Waals surface area contributed by atoms with Crippen LogP contribution in [0.4, 0.5) is 5.82 Å². The van der Waals surface area contributed by atoms with Crippen LogP contribution >= 0.6 is 11.8 Å². The second kappa shape index (κ2) is 5.42. The first-order chi connectivity index (χ1) is 8.21. The van der Waals surface area contributed by atoms with E-state index in [9.17, 15) is 0 Å². The van der Waals surface area contributed by atoms with E-state index in [-0.39, 0.29) is 0 Å². The molecule has 0 aliphatic heterocycles. The van der Waals surface area contributed by atoms with Gasteiger partial charge in [-0.25, -0.2) is 4.98 Å². The Kier molecular flexibility index (Phi) is 3.90. The Morgan fingerprint density at radius 3 is 2.94 bits per heavy atom. The number of hydrogen-bond acceptors (Lipinski definition) is 4. The van der Waals surface area contributed by atoms with Gasteiger partial charge in [-0.1, -0.05) is 0 Å². The van der Waals surface area contributed by atoms with Crippen LogP contribution in [0.3, 0.4) is 0 Å². The Hall–Kier alpha value is -1.21. The molecule has 0 amide bonds. The molecular weight excluding hydrogens is 230 g/mol. The largest absolute Gasteiger partial charge is 0.367 e. The van der Waals surface area contributed by atoms with Crippen LogP contribution in [0.2, 0.25) is 0 Å². The minimum absolute atomic E-state index is 0.508. The summed E-state index contributed by atoms with van der Waals surface area (Å²) in [6.45, 7) is 1.92. The molecule has 2 rings (SSSR count). The third-order valence-electron chi connectivity index (χ3n) is 3.15. The summed E-state index contributed by atoms with van der Waals surface area (Å²) < 4.78 is 0. The first-order valence-corrected chi connectivity index (χ1v) is 7.18. The highest BCUT2D eigenvalue weighted by Crippen LogP contribution is 2.30. The van der Waals surface area contributed by atoms with Crippen molar-refractivity contribution in [3.8, 4) is 6.07 Å². The lowest BCUT2D eigenvalue weighted by molar-refractivity contribution is 0.751. The molecule has 0 aromatic carbocycles. The fourth-order valence-electron chi connectivity index (χ4n) is 2.30. The minimum Gasteiger partial charge on any atom is -0.367 e. The predicted octanol–water partition coefficient (Wildman–Crippen LogP) is 2.96. The molecule has 0 spiro atoms. The van der Waals surface area contributed by atoms with E-state index in [1.165, 1.54) is 19.3 Å². The van der Waals surface area contributed by atoms with E-state index in [0.29, 0.717) is 11.6 Å². The monoisotopic (exact) mass is 247 g/mol. The van der Waals surface area contributed by atoms with Gasteiger partial charge in [-0.3, -0.25) is 0 Å². The van der Waals surface area contributed by atoms with Crippen LogP contribution in [-0.4, -0.2) is 22.5 Å². The molecule has 17 heavy (non-hydrogen) atoms. The Labute approximate surface area is 107 Å². The highest BCUT2D eigenvalue weighted by molar-refractivity contribution is 7.99. The first kappa shape index (κ1) is 12.3. The van der Waals surface area contributed by atoms with E-state index in [1.807, 2.05) is 30.8 Å². The number of nitrogens with one attached hydrogen (secondary N) is 1. The molecule has 1 aliphatic carbocycles. The standard InChI is InChI=1S/C13H17N3S/c1-9-5-10(8-14)6-13(15-9)16-11-3-4-12(7-11)17-2/h5-6,11-12H,3-4,7H2,1-2H3,(H,15,16). The van der Waals surface area contributed by atoms with E-state index < -0.39 is 0 Å². The van der Waals surface area contributed by atoms with Crippen molar-refractivity contribution in [3.05, 3.63) is 23.4 Å². The molecule has 3 nitrogen and oxygen atoms in total. The zero-order chi connectivity index (χ0) is 12.3. The number of anilines is 1. The number of nitrogens with zero attached hydrogens (tertiary/aromatic N) is 2. The van der Waals surface area contributed by atoms with Crippen molar-refractivity contribution in [2.45, 2.75) is 37.5 Å². The van der Waals surface area contributed by atoms with Gasteiger partial charge in [0, 0.05) is 17.0 Å². The van der Waals surface area contributed by atoms with E-state index in [1.54, 1.807) is 0 Å². The summed E-state index contributed by atoms with van der Waals surface area (Å²) in [7, 11) is 0. The van der Waals surface area contributed by atoms with Crippen LogP contribution in [0.25, 0.3) is 0 Å². The molecule has 1 N–H and O–H groups in total. The molecule has 0 radical (unpaired) electrons. The summed E-state index contributed by atoms with van der Waals surface area (Å²) in [6.07, 6.45) is 5.84. The van der Waals surface area contributed by atoms with E-state index >= 15 is 0 Å². The van der Waals surface area contributed by atoms with E-state index in [4.69, 9.17) is 5.26 Å². The maximum Gasteiger partial charge on any atom is 0.127 e. The van der Waals surface area contributed by atoms with Gasteiger partial charge >= 0.3 is 0 Å². The normalized spacial score (nSPS) is 23.4. The topological polar surface area (TPSA) is 48.7 Å². The fourth-order valence-corrected chi connectivity index (χ4v) is 3.10. The lowest BCUT2D eigenvalue weighted by Gasteiger charge is -2.14. The summed E-state index contributed by atoms with van der Waals surface area (Å²) in [5, 5.41) is 13.1. The maximum absolute atomic E-state index is 8.92. The summed E-state index contributed by atoms with van der Waals surface area (Å²) in [6, 6.07) is 6.32. The lowest BCUT2D eigenvalue weighted by atomic mass is 10.2. The second-order valence-corrected chi connectivity index (χ2v) is 5.64. The zero-order valence-corrected chi connectivity index (χ0v) is 11.0. The number of thioether (sulfide) groups is 1. The van der Waals surface area contributed by atoms with Gasteiger partial charge in [0.2, 0.25) is 0 Å². The average molecular weight is 247 g/mol. The molecular formula is C13H17N3S. The zero-order valence-electron chi connectivity index (χ0n) is 10.2. The number of hydrogen-bond donors (Lipinski definition) is 1. The Morgan fingerprint density at radius 1 is 1.47 bits per heavy atom. The van der Waals surface area contributed by atoms with Gasteiger partial charge < -0.3 is 5.32 Å². The molecule has 1 aromatic heterocycles. The molecule has 1 aromatic rings. The number of pyridine rings is 1. The van der Waals surface area contributed by atoms with Gasteiger partial charge in [-0.2, -0.15) is 17.0 Å². The lowest BCUT2D eigenvalue weighted by Crippen LogP contribution is -2.17. The van der Waals surface area contributed by atoms with Gasteiger partial charge in [0.15, 0.2) is 0 Å². The van der Waals surface area contributed by atoms with E-state index in [0.717, 1.165) is 16.8 Å². The third-order valence-corrected chi connectivity index (χ3v) is 4.25. The van der Waals surface area contributed by atoms with Gasteiger partial charge in [0.1, 0.15) is 5.82 Å². The van der Waals surface area contributed by atoms with Crippen molar-refractivity contribution in [1.29, 1.82) is 5.26 Å². The van der Waals surface area contributed by atoms with Crippen LogP contribution in [0.1, 0.15) is 30.5 Å². The smallest absolute Gasteiger partial charge is 0.127 e. The second-order valence-electron chi connectivity index (χ2n) is 4.51. The molecule has 1 fully saturated rings. The highest BCUT2D eigenvalue weighted by Gasteiger charge is 2.23. The SMILES string of the molecule is CSC1CCC(Nc2cc(C#N)cc(C)n2)C1. The third kappa shape index (κ3) is 3.13. The molecule has 4 heteroatoms. The average Bonchev–Trinajstić information content (AvgIpc) is 2.76. The number of rotatable bonds is 3. The fraction of sp³-hybridized carbons (Fsp3) is 0.538. The first-order valence-electron chi connectivity index (χ1n) is 5.89. The van der Waals surface area contributed by atoms with Crippen LogP contribution in [0.15, 0.2) is 12.1 Å². The molecule has 1 heterocycles. The molecule has 1 aliphatic rings. The summed E-state index contributed by atoms with van der Waals surface area (Å²) >= 11 is 1.94. The maximum atomic E-state index is 8.92. The van der Waals surface area contributed by atoms with Crippen LogP contribution in [-0.2, 0) is 0 Å². The molecule has 0 bridgehead atoms. The quantitative estimate of drug-likeness (QED) is 0.892. The van der Waals surface area contributed by atoms with Crippen LogP contribution in [0.5, 0.6) is 0 Å². The van der Waals surface area contributed by atoms with Crippen molar-refractivity contribution in [1.82, 2.24) is 4.98 Å². The molecule has 1 saturated carbocycles. The van der Waals surface area contributed by atoms with Crippen LogP contribution in [0, 0.1) is 18.3 Å². The molecule has 90 valence electrons. The van der Waals surface area contributed by atoms with Crippen molar-refractivity contribution < 1.29 is 0 Å².